The molecule has 0 atom stereocenters. The predicted molar refractivity (Wildman–Crippen MR) is 82.0 cm³/mol. The second-order valence-electron chi connectivity index (χ2n) is 5.08. The van der Waals surface area contributed by atoms with Gasteiger partial charge >= 0.3 is 0 Å². The van der Waals surface area contributed by atoms with Crippen LogP contribution in [0.3, 0.4) is 0 Å². The van der Waals surface area contributed by atoms with Crippen LogP contribution in [0.1, 0.15) is 17.5 Å². The Morgan fingerprint density at radius 1 is 1.05 bits per heavy atom. The van der Waals surface area contributed by atoms with Gasteiger partial charge in [-0.05, 0) is 42.2 Å². The Hall–Kier alpha value is -2.29. The Kier molecular flexibility index (Phi) is 3.68. The first-order chi connectivity index (χ1) is 9.81. The van der Waals surface area contributed by atoms with E-state index < -0.39 is 0 Å². The highest BCUT2D eigenvalue weighted by molar-refractivity contribution is 5.94. The van der Waals surface area contributed by atoms with Crippen LogP contribution >= 0.6 is 0 Å². The van der Waals surface area contributed by atoms with E-state index in [4.69, 9.17) is 0 Å². The van der Waals surface area contributed by atoms with Crippen LogP contribution in [0.25, 0.3) is 0 Å². The van der Waals surface area contributed by atoms with Gasteiger partial charge < -0.3 is 10.6 Å². The number of fused-ring (bicyclic) bond motifs is 1. The Morgan fingerprint density at radius 2 is 1.90 bits per heavy atom. The molecule has 3 rings (SSSR count). The first-order valence-corrected chi connectivity index (χ1v) is 7.02. The fraction of sp³-hybridized carbons (Fsp3) is 0.235. The van der Waals surface area contributed by atoms with Crippen molar-refractivity contribution in [1.29, 1.82) is 0 Å². The molecule has 3 heteroatoms. The van der Waals surface area contributed by atoms with Gasteiger partial charge in [0.15, 0.2) is 0 Å². The van der Waals surface area contributed by atoms with E-state index in [1.165, 1.54) is 11.1 Å². The van der Waals surface area contributed by atoms with E-state index in [2.05, 4.69) is 41.0 Å². The van der Waals surface area contributed by atoms with Crippen molar-refractivity contribution in [3.63, 3.8) is 0 Å². The molecule has 2 N–H and O–H groups in total. The third-order valence-corrected chi connectivity index (χ3v) is 3.59. The summed E-state index contributed by atoms with van der Waals surface area (Å²) < 4.78 is 0. The molecule has 0 saturated heterocycles. The summed E-state index contributed by atoms with van der Waals surface area (Å²) >= 11 is 0. The highest BCUT2D eigenvalue weighted by Crippen LogP contribution is 2.25. The lowest BCUT2D eigenvalue weighted by atomic mass is 10.0. The van der Waals surface area contributed by atoms with Gasteiger partial charge in [-0.2, -0.15) is 0 Å². The van der Waals surface area contributed by atoms with Crippen molar-refractivity contribution in [1.82, 2.24) is 0 Å². The number of nitrogens with one attached hydrogen (secondary N) is 2. The Balaban J connectivity index is 1.60. The van der Waals surface area contributed by atoms with Gasteiger partial charge in [-0.25, -0.2) is 0 Å². The van der Waals surface area contributed by atoms with Gasteiger partial charge in [-0.15, -0.1) is 0 Å². The molecule has 2 aromatic rings. The molecule has 0 spiro atoms. The molecule has 0 bridgehead atoms. The molecule has 3 nitrogen and oxygen atoms in total. The van der Waals surface area contributed by atoms with Crippen LogP contribution < -0.4 is 10.6 Å². The van der Waals surface area contributed by atoms with Crippen LogP contribution in [0.4, 0.5) is 11.4 Å². The first-order valence-electron chi connectivity index (χ1n) is 7.02. The Labute approximate surface area is 119 Å². The molecule has 102 valence electrons. The molecular weight excluding hydrogens is 248 g/mol. The molecule has 0 aliphatic carbocycles. The van der Waals surface area contributed by atoms with E-state index >= 15 is 0 Å². The molecular formula is C17H18N2O. The van der Waals surface area contributed by atoms with Crippen molar-refractivity contribution in [3.8, 4) is 0 Å². The van der Waals surface area contributed by atoms with Crippen LogP contribution in [0.15, 0.2) is 48.5 Å². The second-order valence-corrected chi connectivity index (χ2v) is 5.08. The van der Waals surface area contributed by atoms with Crippen molar-refractivity contribution in [2.24, 2.45) is 0 Å². The van der Waals surface area contributed by atoms with E-state index in [0.717, 1.165) is 30.8 Å². The number of hydrogen-bond donors (Lipinski definition) is 2. The van der Waals surface area contributed by atoms with E-state index in [9.17, 15) is 4.79 Å². The van der Waals surface area contributed by atoms with Gasteiger partial charge in [0, 0.05) is 24.3 Å². The maximum absolute atomic E-state index is 11.3. The lowest BCUT2D eigenvalue weighted by Gasteiger charge is -2.18. The summed E-state index contributed by atoms with van der Waals surface area (Å²) in [7, 11) is 0. The van der Waals surface area contributed by atoms with Crippen molar-refractivity contribution in [2.45, 2.75) is 19.3 Å². The summed E-state index contributed by atoms with van der Waals surface area (Å²) in [6, 6.07) is 16.6. The van der Waals surface area contributed by atoms with Crippen LogP contribution in [0, 0.1) is 0 Å². The molecule has 0 unspecified atom stereocenters. The maximum Gasteiger partial charge on any atom is 0.224 e. The van der Waals surface area contributed by atoms with E-state index in [-0.39, 0.29) is 5.91 Å². The molecule has 2 aromatic carbocycles. The molecule has 1 aliphatic heterocycles. The minimum atomic E-state index is 0.113. The maximum atomic E-state index is 11.3. The number of carbonyl (C=O) groups excluding carboxylic acids is 1. The molecule has 1 amide bonds. The fourth-order valence-corrected chi connectivity index (χ4v) is 2.49. The number of aryl methyl sites for hydroxylation is 1. The average Bonchev–Trinajstić information content (AvgIpc) is 2.48. The lowest BCUT2D eigenvalue weighted by molar-refractivity contribution is -0.116. The second kappa shape index (κ2) is 5.78. The zero-order valence-electron chi connectivity index (χ0n) is 11.4. The van der Waals surface area contributed by atoms with Gasteiger partial charge in [-0.3, -0.25) is 4.79 Å². The summed E-state index contributed by atoms with van der Waals surface area (Å²) in [5.74, 6) is 0.113. The smallest absolute Gasteiger partial charge is 0.224 e. The highest BCUT2D eigenvalue weighted by atomic mass is 16.1. The fourth-order valence-electron chi connectivity index (χ4n) is 2.49. The topological polar surface area (TPSA) is 41.1 Å². The van der Waals surface area contributed by atoms with Gasteiger partial charge in [0.2, 0.25) is 5.91 Å². The SMILES string of the molecule is O=C1CCc2cc(NCCc3ccccc3)ccc2N1. The minimum absolute atomic E-state index is 0.113. The molecule has 1 heterocycles. The van der Waals surface area contributed by atoms with Crippen molar-refractivity contribution < 1.29 is 4.79 Å². The van der Waals surface area contributed by atoms with Gasteiger partial charge in [0.1, 0.15) is 0 Å². The van der Waals surface area contributed by atoms with Crippen molar-refractivity contribution in [2.75, 3.05) is 17.2 Å². The van der Waals surface area contributed by atoms with Gasteiger partial charge in [0.05, 0.1) is 0 Å². The third kappa shape index (κ3) is 2.99. The molecule has 0 aromatic heterocycles. The van der Waals surface area contributed by atoms with Crippen LogP contribution in [-0.4, -0.2) is 12.5 Å². The molecule has 0 radical (unpaired) electrons. The summed E-state index contributed by atoms with van der Waals surface area (Å²) in [5, 5.41) is 6.34. The Bertz CT molecular complexity index is 608. The average molecular weight is 266 g/mol. The first kappa shape index (κ1) is 12.7. The standard InChI is InChI=1S/C17H18N2O/c20-17-9-6-14-12-15(7-8-16(14)19-17)18-11-10-13-4-2-1-3-5-13/h1-5,7-8,12,18H,6,9-11H2,(H,19,20). The van der Waals surface area contributed by atoms with E-state index in [1.807, 2.05) is 18.2 Å². The van der Waals surface area contributed by atoms with Gasteiger partial charge in [-0.1, -0.05) is 30.3 Å². The van der Waals surface area contributed by atoms with Crippen LogP contribution in [-0.2, 0) is 17.6 Å². The van der Waals surface area contributed by atoms with Crippen molar-refractivity contribution >= 4 is 17.3 Å². The molecule has 0 saturated carbocycles. The number of anilines is 2. The van der Waals surface area contributed by atoms with Crippen LogP contribution in [0.2, 0.25) is 0 Å². The van der Waals surface area contributed by atoms with Gasteiger partial charge in [0.25, 0.3) is 0 Å². The largest absolute Gasteiger partial charge is 0.385 e. The normalized spacial score (nSPS) is 13.5. The summed E-state index contributed by atoms with van der Waals surface area (Å²) in [6.45, 7) is 0.912. The van der Waals surface area contributed by atoms with E-state index in [1.54, 1.807) is 0 Å². The number of rotatable bonds is 4. The number of carbonyl (C=O) groups is 1. The summed E-state index contributed by atoms with van der Waals surface area (Å²) in [4.78, 5) is 11.3. The quantitative estimate of drug-likeness (QED) is 0.892. The minimum Gasteiger partial charge on any atom is -0.385 e. The molecule has 1 aliphatic rings. The zero-order chi connectivity index (χ0) is 13.8. The number of benzene rings is 2. The predicted octanol–water partition coefficient (Wildman–Crippen LogP) is 3.23. The summed E-state index contributed by atoms with van der Waals surface area (Å²) in [5.41, 5.74) is 4.63. The monoisotopic (exact) mass is 266 g/mol. The van der Waals surface area contributed by atoms with Crippen molar-refractivity contribution in [3.05, 3.63) is 59.7 Å². The zero-order valence-corrected chi connectivity index (χ0v) is 11.4. The number of hydrogen-bond acceptors (Lipinski definition) is 2. The van der Waals surface area contributed by atoms with E-state index in [0.29, 0.717) is 6.42 Å². The molecule has 20 heavy (non-hydrogen) atoms. The highest BCUT2D eigenvalue weighted by Gasteiger charge is 2.14. The number of amides is 1. The third-order valence-electron chi connectivity index (χ3n) is 3.59. The summed E-state index contributed by atoms with van der Waals surface area (Å²) in [6.07, 6.45) is 2.42. The Morgan fingerprint density at radius 3 is 2.75 bits per heavy atom. The lowest BCUT2D eigenvalue weighted by Crippen LogP contribution is -2.19. The molecule has 0 fully saturated rings. The van der Waals surface area contributed by atoms with Crippen LogP contribution in [0.5, 0.6) is 0 Å².